The van der Waals surface area contributed by atoms with E-state index in [9.17, 15) is 9.90 Å². The molecule has 1 aliphatic heterocycles. The summed E-state index contributed by atoms with van der Waals surface area (Å²) in [7, 11) is 0. The van der Waals surface area contributed by atoms with Crippen LogP contribution in [-0.2, 0) is 13.2 Å². The number of carbonyl (C=O) groups is 1. The first-order chi connectivity index (χ1) is 13.2. The van der Waals surface area contributed by atoms with Crippen molar-refractivity contribution in [1.29, 1.82) is 0 Å². The van der Waals surface area contributed by atoms with Crippen LogP contribution < -0.4 is 4.74 Å². The number of hydrogen-bond donors (Lipinski definition) is 1. The molecule has 27 heavy (non-hydrogen) atoms. The molecule has 3 heterocycles. The van der Waals surface area contributed by atoms with E-state index in [4.69, 9.17) is 4.74 Å². The molecule has 0 radical (unpaired) electrons. The third-order valence-corrected chi connectivity index (χ3v) is 4.68. The molecule has 0 saturated heterocycles. The number of rotatable bonds is 3. The Labute approximate surface area is 156 Å². The van der Waals surface area contributed by atoms with Gasteiger partial charge in [0, 0.05) is 18.3 Å². The monoisotopic (exact) mass is 364 g/mol. The highest BCUT2D eigenvalue weighted by Gasteiger charge is 2.24. The summed E-state index contributed by atoms with van der Waals surface area (Å²) in [5.74, 6) is 1.33. The number of pyridine rings is 1. The fraction of sp³-hybridized carbons (Fsp3) is 0.250. The van der Waals surface area contributed by atoms with Crippen LogP contribution in [0.1, 0.15) is 27.2 Å². The summed E-state index contributed by atoms with van der Waals surface area (Å²) < 4.78 is 7.43. The Morgan fingerprint density at radius 1 is 1.30 bits per heavy atom. The summed E-state index contributed by atoms with van der Waals surface area (Å²) in [5.41, 5.74) is 2.98. The molecule has 1 aliphatic rings. The number of hydrogen-bond acceptors (Lipinski definition) is 5. The van der Waals surface area contributed by atoms with Gasteiger partial charge in [0.1, 0.15) is 12.4 Å². The van der Waals surface area contributed by atoms with Crippen LogP contribution in [0.15, 0.2) is 48.8 Å². The quantitative estimate of drug-likeness (QED) is 0.770. The predicted molar refractivity (Wildman–Crippen MR) is 98.7 cm³/mol. The highest BCUT2D eigenvalue weighted by molar-refractivity contribution is 5.95. The van der Waals surface area contributed by atoms with Crippen LogP contribution in [-0.4, -0.2) is 43.8 Å². The van der Waals surface area contributed by atoms with Gasteiger partial charge in [-0.2, -0.15) is 5.10 Å². The van der Waals surface area contributed by atoms with E-state index in [1.165, 1.54) is 0 Å². The van der Waals surface area contributed by atoms with Crippen molar-refractivity contribution < 1.29 is 14.6 Å². The number of amides is 1. The van der Waals surface area contributed by atoms with Crippen molar-refractivity contribution in [2.75, 3.05) is 13.2 Å². The fourth-order valence-corrected chi connectivity index (χ4v) is 3.22. The van der Waals surface area contributed by atoms with Gasteiger partial charge in [-0.3, -0.25) is 4.79 Å². The molecular weight excluding hydrogens is 344 g/mol. The molecule has 0 saturated carbocycles. The molecular formula is C20H20N4O3. The maximum atomic E-state index is 13.1. The maximum absolute atomic E-state index is 13.1. The lowest BCUT2D eigenvalue weighted by atomic mass is 10.1. The number of carbonyl (C=O) groups excluding carboxylic acids is 1. The Balaban J connectivity index is 1.62. The van der Waals surface area contributed by atoms with Crippen molar-refractivity contribution in [3.63, 3.8) is 0 Å². The molecule has 3 aromatic rings. The second-order valence-electron chi connectivity index (χ2n) is 6.42. The molecule has 2 aromatic heterocycles. The van der Waals surface area contributed by atoms with Gasteiger partial charge in [-0.25, -0.2) is 9.67 Å². The Bertz CT molecular complexity index is 969. The fourth-order valence-electron chi connectivity index (χ4n) is 3.22. The standard InChI is InChI=1S/C20H20N4O3/c1-14-17(11-22-24(14)19-4-2-3-7-21-19)20(26)23-8-9-27-18-6-5-15(13-25)10-16(18)12-23/h2-7,10-11,25H,8-9,12-13H2,1H3. The van der Waals surface area contributed by atoms with Crippen molar-refractivity contribution in [3.8, 4) is 11.6 Å². The van der Waals surface area contributed by atoms with E-state index in [0.29, 0.717) is 31.1 Å². The minimum atomic E-state index is -0.0967. The molecule has 7 nitrogen and oxygen atoms in total. The first kappa shape index (κ1) is 17.2. The first-order valence-corrected chi connectivity index (χ1v) is 8.78. The Kier molecular flexibility index (Phi) is 4.60. The molecule has 0 spiro atoms. The highest BCUT2D eigenvalue weighted by atomic mass is 16.5. The van der Waals surface area contributed by atoms with Gasteiger partial charge < -0.3 is 14.7 Å². The van der Waals surface area contributed by atoms with E-state index in [-0.39, 0.29) is 12.5 Å². The van der Waals surface area contributed by atoms with Crippen molar-refractivity contribution in [2.24, 2.45) is 0 Å². The number of aliphatic hydroxyl groups excluding tert-OH is 1. The summed E-state index contributed by atoms with van der Waals surface area (Å²) in [6.45, 7) is 3.15. The van der Waals surface area contributed by atoms with E-state index in [2.05, 4.69) is 10.1 Å². The van der Waals surface area contributed by atoms with Crippen LogP contribution in [0.5, 0.6) is 5.75 Å². The molecule has 0 unspecified atom stereocenters. The van der Waals surface area contributed by atoms with E-state index < -0.39 is 0 Å². The molecule has 1 amide bonds. The minimum Gasteiger partial charge on any atom is -0.491 e. The summed E-state index contributed by atoms with van der Waals surface area (Å²) in [6, 6.07) is 11.1. The zero-order chi connectivity index (χ0) is 18.8. The number of ether oxygens (including phenoxy) is 1. The van der Waals surface area contributed by atoms with Crippen LogP contribution in [0.2, 0.25) is 0 Å². The van der Waals surface area contributed by atoms with Gasteiger partial charge >= 0.3 is 0 Å². The van der Waals surface area contributed by atoms with Crippen molar-refractivity contribution in [1.82, 2.24) is 19.7 Å². The van der Waals surface area contributed by atoms with Crippen LogP contribution in [0.25, 0.3) is 5.82 Å². The summed E-state index contributed by atoms with van der Waals surface area (Å²) in [4.78, 5) is 19.2. The lowest BCUT2D eigenvalue weighted by Crippen LogP contribution is -2.32. The van der Waals surface area contributed by atoms with Crippen LogP contribution in [0.3, 0.4) is 0 Å². The van der Waals surface area contributed by atoms with Gasteiger partial charge in [0.25, 0.3) is 5.91 Å². The van der Waals surface area contributed by atoms with Gasteiger partial charge in [0.15, 0.2) is 5.82 Å². The van der Waals surface area contributed by atoms with Gasteiger partial charge in [0.2, 0.25) is 0 Å². The number of benzene rings is 1. The number of nitrogens with zero attached hydrogens (tertiary/aromatic N) is 4. The van der Waals surface area contributed by atoms with Crippen molar-refractivity contribution in [2.45, 2.75) is 20.1 Å². The normalized spacial score (nSPS) is 13.6. The molecule has 138 valence electrons. The van der Waals surface area contributed by atoms with E-state index in [1.807, 2.05) is 43.3 Å². The molecule has 0 atom stereocenters. The van der Waals surface area contributed by atoms with E-state index in [0.717, 1.165) is 22.6 Å². The van der Waals surface area contributed by atoms with Crippen LogP contribution in [0.4, 0.5) is 0 Å². The summed E-state index contributed by atoms with van der Waals surface area (Å²) in [5, 5.41) is 13.7. The smallest absolute Gasteiger partial charge is 0.257 e. The lowest BCUT2D eigenvalue weighted by Gasteiger charge is -2.19. The zero-order valence-corrected chi connectivity index (χ0v) is 15.0. The van der Waals surface area contributed by atoms with Gasteiger partial charge in [-0.05, 0) is 36.8 Å². The average molecular weight is 364 g/mol. The molecule has 7 heteroatoms. The van der Waals surface area contributed by atoms with E-state index in [1.54, 1.807) is 22.0 Å². The van der Waals surface area contributed by atoms with Crippen LogP contribution in [0, 0.1) is 6.92 Å². The van der Waals surface area contributed by atoms with Crippen molar-refractivity contribution in [3.05, 3.63) is 71.2 Å². The van der Waals surface area contributed by atoms with Gasteiger partial charge in [-0.15, -0.1) is 0 Å². The predicted octanol–water partition coefficient (Wildman–Crippen LogP) is 2.10. The minimum absolute atomic E-state index is 0.0445. The third-order valence-electron chi connectivity index (χ3n) is 4.68. The zero-order valence-electron chi connectivity index (χ0n) is 15.0. The second-order valence-corrected chi connectivity index (χ2v) is 6.42. The Hall–Kier alpha value is -3.19. The molecule has 1 aromatic carbocycles. The number of fused-ring (bicyclic) bond motifs is 1. The van der Waals surface area contributed by atoms with Gasteiger partial charge in [-0.1, -0.05) is 12.1 Å². The molecule has 1 N–H and O–H groups in total. The Morgan fingerprint density at radius 2 is 2.19 bits per heavy atom. The first-order valence-electron chi connectivity index (χ1n) is 8.78. The third kappa shape index (κ3) is 3.29. The van der Waals surface area contributed by atoms with Gasteiger partial charge in [0.05, 0.1) is 30.6 Å². The van der Waals surface area contributed by atoms with Crippen LogP contribution >= 0.6 is 0 Å². The lowest BCUT2D eigenvalue weighted by molar-refractivity contribution is 0.0732. The number of aromatic nitrogens is 3. The molecule has 4 rings (SSSR count). The molecule has 0 fully saturated rings. The van der Waals surface area contributed by atoms with E-state index >= 15 is 0 Å². The molecule has 0 bridgehead atoms. The largest absolute Gasteiger partial charge is 0.491 e. The Morgan fingerprint density at radius 3 is 2.96 bits per heavy atom. The second kappa shape index (κ2) is 7.20. The topological polar surface area (TPSA) is 80.5 Å². The van der Waals surface area contributed by atoms with Crippen molar-refractivity contribution >= 4 is 5.91 Å². The average Bonchev–Trinajstić information content (AvgIpc) is 2.96. The molecule has 0 aliphatic carbocycles. The highest BCUT2D eigenvalue weighted by Crippen LogP contribution is 2.26. The SMILES string of the molecule is Cc1c(C(=O)N2CCOc3ccc(CO)cc3C2)cnn1-c1ccccn1. The summed E-state index contributed by atoms with van der Waals surface area (Å²) in [6.07, 6.45) is 3.28. The number of aliphatic hydroxyl groups is 1. The maximum Gasteiger partial charge on any atom is 0.257 e. The summed E-state index contributed by atoms with van der Waals surface area (Å²) >= 11 is 0.